The Morgan fingerprint density at radius 3 is 2.00 bits per heavy atom. The van der Waals surface area contributed by atoms with Crippen LogP contribution in [0.25, 0.3) is 0 Å². The summed E-state index contributed by atoms with van der Waals surface area (Å²) in [6.45, 7) is -0.134. The Labute approximate surface area is 189 Å². The highest BCUT2D eigenvalue weighted by molar-refractivity contribution is 6.05. The molecule has 0 aliphatic heterocycles. The van der Waals surface area contributed by atoms with Crippen molar-refractivity contribution in [3.8, 4) is 11.5 Å². The summed E-state index contributed by atoms with van der Waals surface area (Å²) in [7, 11) is 6.25. The summed E-state index contributed by atoms with van der Waals surface area (Å²) < 4.78 is 10.6. The predicted octanol–water partition coefficient (Wildman–Crippen LogP) is 2.68. The fourth-order valence-electron chi connectivity index (χ4n) is 6.33. The number of carbonyl (C=O) groups is 3. The van der Waals surface area contributed by atoms with Crippen molar-refractivity contribution in [2.75, 3.05) is 40.2 Å². The fourth-order valence-corrected chi connectivity index (χ4v) is 6.33. The molecule has 4 fully saturated rings. The molecular formula is C24H33N3O5. The Balaban J connectivity index is 1.45. The van der Waals surface area contributed by atoms with E-state index >= 15 is 0 Å². The molecule has 0 atom stereocenters. The van der Waals surface area contributed by atoms with Gasteiger partial charge in [-0.3, -0.25) is 14.4 Å². The number of nitrogens with one attached hydrogen (secondary N) is 2. The quantitative estimate of drug-likeness (QED) is 0.675. The van der Waals surface area contributed by atoms with Crippen LogP contribution in [0.1, 0.15) is 48.9 Å². The Hall–Kier alpha value is -2.77. The summed E-state index contributed by atoms with van der Waals surface area (Å²) in [5, 5.41) is 5.64. The molecule has 1 aromatic rings. The summed E-state index contributed by atoms with van der Waals surface area (Å²) >= 11 is 0. The SMILES string of the molecule is COc1cc(NC(=O)CNC(=O)C23CC4CC(CC(C4)C2)C3)c(C(=O)N(C)C)cc1OC. The van der Waals surface area contributed by atoms with Gasteiger partial charge in [0.2, 0.25) is 11.8 Å². The third-order valence-corrected chi connectivity index (χ3v) is 7.36. The van der Waals surface area contributed by atoms with Gasteiger partial charge in [-0.25, -0.2) is 0 Å². The first-order valence-electron chi connectivity index (χ1n) is 11.3. The van der Waals surface area contributed by atoms with Crippen LogP contribution in [0.15, 0.2) is 12.1 Å². The molecule has 4 aliphatic carbocycles. The second kappa shape index (κ2) is 8.64. The van der Waals surface area contributed by atoms with Crippen LogP contribution in [0.2, 0.25) is 0 Å². The minimum atomic E-state index is -0.386. The van der Waals surface area contributed by atoms with Gasteiger partial charge < -0.3 is 25.0 Å². The van der Waals surface area contributed by atoms with Crippen molar-refractivity contribution in [2.45, 2.75) is 38.5 Å². The Bertz CT molecular complexity index is 891. The van der Waals surface area contributed by atoms with Crippen LogP contribution in [0.5, 0.6) is 11.5 Å². The van der Waals surface area contributed by atoms with E-state index in [1.54, 1.807) is 26.2 Å². The van der Waals surface area contributed by atoms with E-state index < -0.39 is 0 Å². The lowest BCUT2D eigenvalue weighted by Crippen LogP contribution is -2.54. The molecule has 0 heterocycles. The number of amides is 3. The second-order valence-electron chi connectivity index (χ2n) is 9.88. The van der Waals surface area contributed by atoms with Gasteiger partial charge in [-0.1, -0.05) is 0 Å². The Morgan fingerprint density at radius 2 is 1.50 bits per heavy atom. The fraction of sp³-hybridized carbons (Fsp3) is 0.625. The van der Waals surface area contributed by atoms with Crippen molar-refractivity contribution in [3.05, 3.63) is 17.7 Å². The summed E-state index contributed by atoms with van der Waals surface area (Å²) in [6.07, 6.45) is 6.62. The van der Waals surface area contributed by atoms with Crippen molar-refractivity contribution in [1.82, 2.24) is 10.2 Å². The number of benzene rings is 1. The molecule has 0 radical (unpaired) electrons. The zero-order valence-electron chi connectivity index (χ0n) is 19.3. The van der Waals surface area contributed by atoms with Gasteiger partial charge in [0.15, 0.2) is 11.5 Å². The topological polar surface area (TPSA) is 97.0 Å². The zero-order valence-corrected chi connectivity index (χ0v) is 19.3. The molecule has 0 aromatic heterocycles. The predicted molar refractivity (Wildman–Crippen MR) is 120 cm³/mol. The van der Waals surface area contributed by atoms with Crippen LogP contribution in [0.4, 0.5) is 5.69 Å². The molecule has 0 unspecified atom stereocenters. The lowest BCUT2D eigenvalue weighted by molar-refractivity contribution is -0.146. The third-order valence-electron chi connectivity index (χ3n) is 7.36. The first-order chi connectivity index (χ1) is 15.2. The minimum absolute atomic E-state index is 0.00338. The van der Waals surface area contributed by atoms with Crippen LogP contribution in [-0.2, 0) is 9.59 Å². The number of carbonyl (C=O) groups excluding carboxylic acids is 3. The third kappa shape index (κ3) is 4.14. The molecule has 174 valence electrons. The molecule has 4 saturated carbocycles. The number of rotatable bonds is 7. The highest BCUT2D eigenvalue weighted by Gasteiger charge is 2.54. The molecule has 0 spiro atoms. The maximum absolute atomic E-state index is 13.1. The van der Waals surface area contributed by atoms with Gasteiger partial charge in [-0.2, -0.15) is 0 Å². The van der Waals surface area contributed by atoms with E-state index in [0.717, 1.165) is 19.3 Å². The molecular weight excluding hydrogens is 410 g/mol. The van der Waals surface area contributed by atoms with E-state index in [4.69, 9.17) is 9.47 Å². The van der Waals surface area contributed by atoms with Crippen molar-refractivity contribution in [1.29, 1.82) is 0 Å². The molecule has 8 nitrogen and oxygen atoms in total. The Morgan fingerprint density at radius 1 is 0.969 bits per heavy atom. The van der Waals surface area contributed by atoms with Gasteiger partial charge in [0.1, 0.15) is 0 Å². The van der Waals surface area contributed by atoms with Gasteiger partial charge in [0, 0.05) is 25.6 Å². The number of anilines is 1. The van der Waals surface area contributed by atoms with E-state index in [1.807, 2.05) is 0 Å². The smallest absolute Gasteiger partial charge is 0.255 e. The first-order valence-corrected chi connectivity index (χ1v) is 11.3. The maximum Gasteiger partial charge on any atom is 0.255 e. The van der Waals surface area contributed by atoms with Crippen molar-refractivity contribution >= 4 is 23.4 Å². The lowest BCUT2D eigenvalue weighted by atomic mass is 9.49. The van der Waals surface area contributed by atoms with E-state index in [2.05, 4.69) is 10.6 Å². The summed E-state index contributed by atoms with van der Waals surface area (Å²) in [5.41, 5.74) is 0.300. The van der Waals surface area contributed by atoms with Crippen LogP contribution < -0.4 is 20.1 Å². The second-order valence-corrected chi connectivity index (χ2v) is 9.88. The number of methoxy groups -OCH3 is 2. The molecule has 2 N–H and O–H groups in total. The molecule has 1 aromatic carbocycles. The monoisotopic (exact) mass is 443 g/mol. The van der Waals surface area contributed by atoms with E-state index in [1.165, 1.54) is 38.4 Å². The van der Waals surface area contributed by atoms with Crippen molar-refractivity contribution in [3.63, 3.8) is 0 Å². The van der Waals surface area contributed by atoms with Crippen LogP contribution >= 0.6 is 0 Å². The highest BCUT2D eigenvalue weighted by atomic mass is 16.5. The summed E-state index contributed by atoms with van der Waals surface area (Å²) in [5.74, 6) is 2.11. The van der Waals surface area contributed by atoms with E-state index in [9.17, 15) is 14.4 Å². The molecule has 32 heavy (non-hydrogen) atoms. The first kappa shape index (κ1) is 22.4. The van der Waals surface area contributed by atoms with E-state index in [0.29, 0.717) is 34.9 Å². The van der Waals surface area contributed by atoms with Crippen molar-refractivity contribution in [2.24, 2.45) is 23.2 Å². The molecule has 3 amide bonds. The number of hydrogen-bond acceptors (Lipinski definition) is 5. The minimum Gasteiger partial charge on any atom is -0.493 e. The molecule has 4 aliphatic rings. The maximum atomic E-state index is 13.1. The largest absolute Gasteiger partial charge is 0.493 e. The van der Waals surface area contributed by atoms with Crippen LogP contribution in [0.3, 0.4) is 0 Å². The average molecular weight is 444 g/mol. The van der Waals surface area contributed by atoms with Gasteiger partial charge >= 0.3 is 0 Å². The van der Waals surface area contributed by atoms with Crippen LogP contribution in [0, 0.1) is 23.2 Å². The molecule has 5 rings (SSSR count). The highest BCUT2D eigenvalue weighted by Crippen LogP contribution is 2.60. The van der Waals surface area contributed by atoms with Crippen molar-refractivity contribution < 1.29 is 23.9 Å². The number of nitrogens with zero attached hydrogens (tertiary/aromatic N) is 1. The van der Waals surface area contributed by atoms with Gasteiger partial charge in [-0.05, 0) is 62.3 Å². The molecule has 0 saturated heterocycles. The number of hydrogen-bond donors (Lipinski definition) is 2. The standard InChI is InChI=1S/C24H33N3O5/c1-27(2)22(29)17-8-19(31-3)20(32-4)9-18(17)26-21(28)13-25-23(30)24-10-14-5-15(11-24)7-16(6-14)12-24/h8-9,14-16H,5-7,10-13H2,1-4H3,(H,25,30)(H,26,28). The van der Waals surface area contributed by atoms with Crippen LogP contribution in [-0.4, -0.2) is 57.5 Å². The van der Waals surface area contributed by atoms with Gasteiger partial charge in [-0.15, -0.1) is 0 Å². The summed E-state index contributed by atoms with van der Waals surface area (Å²) in [6, 6.07) is 3.11. The van der Waals surface area contributed by atoms with Gasteiger partial charge in [0.25, 0.3) is 5.91 Å². The average Bonchev–Trinajstić information content (AvgIpc) is 2.75. The summed E-state index contributed by atoms with van der Waals surface area (Å²) in [4.78, 5) is 39.9. The van der Waals surface area contributed by atoms with Gasteiger partial charge in [0.05, 0.1) is 32.0 Å². The number of ether oxygens (including phenoxy) is 2. The Kier molecular flexibility index (Phi) is 6.05. The zero-order chi connectivity index (χ0) is 23.0. The molecule has 4 bridgehead atoms. The lowest BCUT2D eigenvalue weighted by Gasteiger charge is -2.55. The molecule has 8 heteroatoms. The normalized spacial score (nSPS) is 27.6. The van der Waals surface area contributed by atoms with E-state index in [-0.39, 0.29) is 35.2 Å².